The lowest BCUT2D eigenvalue weighted by Gasteiger charge is -2.01. The Morgan fingerprint density at radius 1 is 1.20 bits per heavy atom. The van der Waals surface area contributed by atoms with Gasteiger partial charge in [-0.1, -0.05) is 0 Å². The summed E-state index contributed by atoms with van der Waals surface area (Å²) in [5.41, 5.74) is 0.0161. The zero-order valence-corrected chi connectivity index (χ0v) is 10.6. The molecule has 0 fully saturated rings. The molecule has 0 radical (unpaired) electrons. The molecule has 1 aromatic carbocycles. The molecule has 0 bridgehead atoms. The van der Waals surface area contributed by atoms with Crippen molar-refractivity contribution in [2.45, 2.75) is 0 Å². The first-order chi connectivity index (χ1) is 9.49. The fourth-order valence-corrected chi connectivity index (χ4v) is 1.86. The van der Waals surface area contributed by atoms with Gasteiger partial charge in [0.05, 0.1) is 19.1 Å². The summed E-state index contributed by atoms with van der Waals surface area (Å²) >= 11 is 0. The van der Waals surface area contributed by atoms with Gasteiger partial charge in [-0.05, 0) is 6.07 Å². The Bertz CT molecular complexity index is 718. The second-order valence-corrected chi connectivity index (χ2v) is 3.85. The number of benzene rings is 1. The molecular formula is C12H10N2O6. The number of carbonyl (C=O) groups is 2. The maximum absolute atomic E-state index is 11.8. The van der Waals surface area contributed by atoms with Crippen molar-refractivity contribution in [1.82, 2.24) is 4.98 Å². The number of hydrogen-bond donors (Lipinski definition) is 1. The fraction of sp³-hybridized carbons (Fsp3) is 0.167. The highest BCUT2D eigenvalue weighted by atomic mass is 16.6. The maximum Gasteiger partial charge on any atom is 0.355 e. The number of hydrogen-bond acceptors (Lipinski definition) is 6. The monoisotopic (exact) mass is 278 g/mol. The van der Waals surface area contributed by atoms with Crippen LogP contribution in [-0.4, -0.2) is 36.1 Å². The summed E-state index contributed by atoms with van der Waals surface area (Å²) in [5.74, 6) is -1.54. The molecule has 1 aromatic heterocycles. The molecule has 1 heterocycles. The highest BCUT2D eigenvalue weighted by Crippen LogP contribution is 2.27. The van der Waals surface area contributed by atoms with Crippen LogP contribution < -0.4 is 0 Å². The molecule has 0 amide bonds. The third-order valence-electron chi connectivity index (χ3n) is 2.77. The van der Waals surface area contributed by atoms with Crippen molar-refractivity contribution in [2.75, 3.05) is 14.2 Å². The van der Waals surface area contributed by atoms with Crippen LogP contribution in [0.5, 0.6) is 0 Å². The Morgan fingerprint density at radius 2 is 1.85 bits per heavy atom. The minimum atomic E-state index is -0.780. The Kier molecular flexibility index (Phi) is 3.38. The first-order valence-electron chi connectivity index (χ1n) is 5.46. The van der Waals surface area contributed by atoms with Gasteiger partial charge in [-0.15, -0.1) is 0 Å². The molecule has 2 rings (SSSR count). The van der Waals surface area contributed by atoms with Gasteiger partial charge < -0.3 is 14.5 Å². The van der Waals surface area contributed by atoms with E-state index in [9.17, 15) is 19.7 Å². The Hall–Kier alpha value is -2.90. The second kappa shape index (κ2) is 5.00. The van der Waals surface area contributed by atoms with Crippen LogP contribution in [-0.2, 0) is 9.47 Å². The molecule has 0 saturated heterocycles. The SMILES string of the molecule is COC(=O)c1[nH]c2ccc([N+](=O)[O-])cc2c1C(=O)OC. The van der Waals surface area contributed by atoms with E-state index in [0.29, 0.717) is 5.52 Å². The molecule has 20 heavy (non-hydrogen) atoms. The number of methoxy groups -OCH3 is 2. The van der Waals surface area contributed by atoms with E-state index in [1.165, 1.54) is 18.2 Å². The van der Waals surface area contributed by atoms with E-state index in [1.54, 1.807) is 0 Å². The zero-order chi connectivity index (χ0) is 14.9. The number of aromatic amines is 1. The molecule has 104 valence electrons. The number of non-ortho nitro benzene ring substituents is 1. The van der Waals surface area contributed by atoms with Crippen molar-refractivity contribution >= 4 is 28.5 Å². The number of H-pyrrole nitrogens is 1. The van der Waals surface area contributed by atoms with Crippen molar-refractivity contribution in [3.05, 3.63) is 39.6 Å². The number of fused-ring (bicyclic) bond motifs is 1. The number of nitro benzene ring substituents is 1. The van der Waals surface area contributed by atoms with E-state index in [1.807, 2.05) is 0 Å². The van der Waals surface area contributed by atoms with Crippen molar-refractivity contribution in [1.29, 1.82) is 0 Å². The van der Waals surface area contributed by atoms with Gasteiger partial charge in [0.2, 0.25) is 0 Å². The van der Waals surface area contributed by atoms with Crippen LogP contribution in [0.4, 0.5) is 5.69 Å². The van der Waals surface area contributed by atoms with Crippen LogP contribution in [0.3, 0.4) is 0 Å². The van der Waals surface area contributed by atoms with Crippen LogP contribution in [0.25, 0.3) is 10.9 Å². The van der Waals surface area contributed by atoms with Gasteiger partial charge in [0.1, 0.15) is 11.3 Å². The van der Waals surface area contributed by atoms with Gasteiger partial charge in [0.25, 0.3) is 5.69 Å². The van der Waals surface area contributed by atoms with E-state index >= 15 is 0 Å². The summed E-state index contributed by atoms with van der Waals surface area (Å²) in [6, 6.07) is 3.87. The summed E-state index contributed by atoms with van der Waals surface area (Å²) < 4.78 is 9.17. The number of ether oxygens (including phenoxy) is 2. The minimum absolute atomic E-state index is 0.0851. The summed E-state index contributed by atoms with van der Waals surface area (Å²) in [7, 11) is 2.32. The number of esters is 2. The molecule has 0 aliphatic carbocycles. The number of rotatable bonds is 3. The largest absolute Gasteiger partial charge is 0.465 e. The van der Waals surface area contributed by atoms with Gasteiger partial charge in [-0.25, -0.2) is 9.59 Å². The third-order valence-corrected chi connectivity index (χ3v) is 2.77. The number of nitrogens with one attached hydrogen (secondary N) is 1. The smallest absolute Gasteiger partial charge is 0.355 e. The van der Waals surface area contributed by atoms with E-state index in [0.717, 1.165) is 14.2 Å². The predicted octanol–water partition coefficient (Wildman–Crippen LogP) is 1.65. The third kappa shape index (κ3) is 2.07. The first-order valence-corrected chi connectivity index (χ1v) is 5.46. The topological polar surface area (TPSA) is 112 Å². The van der Waals surface area contributed by atoms with Crippen LogP contribution in [0.1, 0.15) is 20.8 Å². The molecule has 0 spiro atoms. The number of nitro groups is 1. The Morgan fingerprint density at radius 3 is 2.40 bits per heavy atom. The summed E-state index contributed by atoms with van der Waals surface area (Å²) in [4.78, 5) is 36.3. The molecule has 1 N–H and O–H groups in total. The molecule has 0 aliphatic heterocycles. The maximum atomic E-state index is 11.8. The molecule has 0 aliphatic rings. The van der Waals surface area contributed by atoms with Gasteiger partial charge in [0, 0.05) is 23.0 Å². The lowest BCUT2D eigenvalue weighted by Crippen LogP contribution is -2.10. The van der Waals surface area contributed by atoms with E-state index in [2.05, 4.69) is 14.5 Å². The number of aromatic nitrogens is 1. The summed E-state index contributed by atoms with van der Waals surface area (Å²) in [6.07, 6.45) is 0. The molecule has 2 aromatic rings. The van der Waals surface area contributed by atoms with Crippen molar-refractivity contribution in [3.63, 3.8) is 0 Å². The average molecular weight is 278 g/mol. The zero-order valence-electron chi connectivity index (χ0n) is 10.6. The Balaban J connectivity index is 2.78. The van der Waals surface area contributed by atoms with Crippen molar-refractivity contribution in [2.24, 2.45) is 0 Å². The summed E-state index contributed by atoms with van der Waals surface area (Å²) in [5, 5.41) is 11.0. The quantitative estimate of drug-likeness (QED) is 0.519. The highest BCUT2D eigenvalue weighted by Gasteiger charge is 2.25. The number of nitrogens with zero attached hydrogens (tertiary/aromatic N) is 1. The number of carbonyl (C=O) groups excluding carboxylic acids is 2. The highest BCUT2D eigenvalue weighted by molar-refractivity contribution is 6.13. The predicted molar refractivity (Wildman–Crippen MR) is 67.6 cm³/mol. The van der Waals surface area contributed by atoms with Gasteiger partial charge in [-0.2, -0.15) is 0 Å². The van der Waals surface area contributed by atoms with Crippen molar-refractivity contribution < 1.29 is 24.0 Å². The molecule has 0 saturated carbocycles. The second-order valence-electron chi connectivity index (χ2n) is 3.85. The van der Waals surface area contributed by atoms with Crippen LogP contribution >= 0.6 is 0 Å². The summed E-state index contributed by atoms with van der Waals surface area (Å²) in [6.45, 7) is 0. The Labute approximate surface area is 112 Å². The fourth-order valence-electron chi connectivity index (χ4n) is 1.86. The van der Waals surface area contributed by atoms with E-state index in [-0.39, 0.29) is 22.3 Å². The van der Waals surface area contributed by atoms with Crippen LogP contribution in [0, 0.1) is 10.1 Å². The first kappa shape index (κ1) is 13.5. The molecule has 8 heteroatoms. The van der Waals surface area contributed by atoms with E-state index < -0.39 is 16.9 Å². The molecule has 0 unspecified atom stereocenters. The lowest BCUT2D eigenvalue weighted by atomic mass is 10.1. The van der Waals surface area contributed by atoms with Gasteiger partial charge >= 0.3 is 11.9 Å². The lowest BCUT2D eigenvalue weighted by molar-refractivity contribution is -0.384. The minimum Gasteiger partial charge on any atom is -0.465 e. The van der Waals surface area contributed by atoms with Crippen LogP contribution in [0.15, 0.2) is 18.2 Å². The van der Waals surface area contributed by atoms with Crippen LogP contribution in [0.2, 0.25) is 0 Å². The normalized spacial score (nSPS) is 10.3. The van der Waals surface area contributed by atoms with E-state index in [4.69, 9.17) is 0 Å². The van der Waals surface area contributed by atoms with Gasteiger partial charge in [-0.3, -0.25) is 10.1 Å². The molecule has 8 nitrogen and oxygen atoms in total. The van der Waals surface area contributed by atoms with Crippen molar-refractivity contribution in [3.8, 4) is 0 Å². The molecule has 0 atom stereocenters. The molecular weight excluding hydrogens is 268 g/mol. The average Bonchev–Trinajstić information content (AvgIpc) is 2.83. The van der Waals surface area contributed by atoms with Gasteiger partial charge in [0.15, 0.2) is 0 Å². The standard InChI is InChI=1S/C12H10N2O6/c1-19-11(15)9-7-5-6(14(17)18)3-4-8(7)13-10(9)12(16)20-2/h3-5,13H,1-2H3.